The molecule has 1 radical (unpaired) electrons. The van der Waals surface area contributed by atoms with Gasteiger partial charge in [-0.15, -0.1) is 0 Å². The summed E-state index contributed by atoms with van der Waals surface area (Å²) in [7, 11) is 1.64. The first-order chi connectivity index (χ1) is 6.19. The van der Waals surface area contributed by atoms with E-state index in [0.29, 0.717) is 0 Å². The Kier molecular flexibility index (Phi) is 3.32. The zero-order chi connectivity index (χ0) is 9.84. The molecule has 13 heavy (non-hydrogen) atoms. The predicted molar refractivity (Wildman–Crippen MR) is 52.9 cm³/mol. The van der Waals surface area contributed by atoms with Gasteiger partial charge in [0.1, 0.15) is 5.75 Å². The molecule has 0 aliphatic carbocycles. The Hall–Kier alpha value is -1.02. The number of benzene rings is 1. The Labute approximate surface area is 79.2 Å². The fourth-order valence-electron chi connectivity index (χ4n) is 1.20. The van der Waals surface area contributed by atoms with Gasteiger partial charge < -0.3 is 9.84 Å². The number of aryl methyl sites for hydroxylation is 1. The van der Waals surface area contributed by atoms with Crippen molar-refractivity contribution in [2.45, 2.75) is 12.8 Å². The van der Waals surface area contributed by atoms with E-state index in [9.17, 15) is 0 Å². The maximum absolute atomic E-state index is 8.92. The summed E-state index contributed by atoms with van der Waals surface area (Å²) < 4.78 is 5.17. The molecule has 1 rings (SSSR count). The summed E-state index contributed by atoms with van der Waals surface area (Å²) in [6.45, 7) is 5.87. The van der Waals surface area contributed by atoms with E-state index in [1.807, 2.05) is 25.1 Å². The average Bonchev–Trinajstić information content (AvgIpc) is 2.17. The first-order valence-electron chi connectivity index (χ1n) is 4.27. The van der Waals surface area contributed by atoms with Crippen molar-refractivity contribution >= 4 is 0 Å². The van der Waals surface area contributed by atoms with Crippen LogP contribution >= 0.6 is 0 Å². The van der Waals surface area contributed by atoms with Crippen molar-refractivity contribution in [2.24, 2.45) is 0 Å². The van der Waals surface area contributed by atoms with E-state index < -0.39 is 0 Å². The SMILES string of the molecule is [CH2]C(CO)c1ccc(C)c(OC)c1. The zero-order valence-electron chi connectivity index (χ0n) is 8.08. The van der Waals surface area contributed by atoms with Crippen molar-refractivity contribution < 1.29 is 9.84 Å². The predicted octanol–water partition coefficient (Wildman–Crippen LogP) is 1.91. The number of hydrogen-bond acceptors (Lipinski definition) is 2. The van der Waals surface area contributed by atoms with Gasteiger partial charge in [0, 0.05) is 12.5 Å². The van der Waals surface area contributed by atoms with Gasteiger partial charge in [0.2, 0.25) is 0 Å². The monoisotopic (exact) mass is 179 g/mol. The number of methoxy groups -OCH3 is 1. The summed E-state index contributed by atoms with van der Waals surface area (Å²) in [5.41, 5.74) is 2.10. The molecule has 0 saturated heterocycles. The van der Waals surface area contributed by atoms with Crippen LogP contribution in [0.25, 0.3) is 0 Å². The van der Waals surface area contributed by atoms with Gasteiger partial charge in [0.25, 0.3) is 0 Å². The van der Waals surface area contributed by atoms with Crippen LogP contribution in [0.3, 0.4) is 0 Å². The molecule has 0 fully saturated rings. The normalized spacial score (nSPS) is 12.6. The number of ether oxygens (including phenoxy) is 1. The van der Waals surface area contributed by atoms with Crippen LogP contribution in [0.4, 0.5) is 0 Å². The smallest absolute Gasteiger partial charge is 0.122 e. The maximum Gasteiger partial charge on any atom is 0.122 e. The van der Waals surface area contributed by atoms with Crippen molar-refractivity contribution in [2.75, 3.05) is 13.7 Å². The fraction of sp³-hybridized carbons (Fsp3) is 0.364. The van der Waals surface area contributed by atoms with Gasteiger partial charge in [-0.2, -0.15) is 0 Å². The van der Waals surface area contributed by atoms with Gasteiger partial charge >= 0.3 is 0 Å². The third kappa shape index (κ3) is 2.22. The highest BCUT2D eigenvalue weighted by Gasteiger charge is 2.06. The van der Waals surface area contributed by atoms with Crippen LogP contribution in [0.5, 0.6) is 5.75 Å². The fourth-order valence-corrected chi connectivity index (χ4v) is 1.20. The molecule has 0 heterocycles. The Morgan fingerprint density at radius 2 is 2.23 bits per heavy atom. The molecule has 0 aromatic heterocycles. The Balaban J connectivity index is 2.99. The molecular formula is C11H15O2. The molecular weight excluding hydrogens is 164 g/mol. The van der Waals surface area contributed by atoms with Crippen LogP contribution in [-0.2, 0) is 0 Å². The summed E-state index contributed by atoms with van der Waals surface area (Å²) in [6, 6.07) is 5.86. The van der Waals surface area contributed by atoms with Crippen molar-refractivity contribution in [3.8, 4) is 5.75 Å². The molecule has 0 spiro atoms. The van der Waals surface area contributed by atoms with Gasteiger partial charge in [-0.05, 0) is 31.0 Å². The highest BCUT2D eigenvalue weighted by atomic mass is 16.5. The Morgan fingerprint density at radius 3 is 2.77 bits per heavy atom. The highest BCUT2D eigenvalue weighted by Crippen LogP contribution is 2.23. The lowest BCUT2D eigenvalue weighted by molar-refractivity contribution is 0.282. The average molecular weight is 179 g/mol. The second-order valence-electron chi connectivity index (χ2n) is 3.11. The molecule has 0 aliphatic heterocycles. The van der Waals surface area contributed by atoms with Crippen molar-refractivity contribution in [3.63, 3.8) is 0 Å². The molecule has 0 aliphatic rings. The lowest BCUT2D eigenvalue weighted by Gasteiger charge is -2.11. The number of aliphatic hydroxyl groups is 1. The lowest BCUT2D eigenvalue weighted by atomic mass is 10.0. The number of aliphatic hydroxyl groups excluding tert-OH is 1. The molecule has 1 atom stereocenters. The van der Waals surface area contributed by atoms with Crippen molar-refractivity contribution in [1.82, 2.24) is 0 Å². The van der Waals surface area contributed by atoms with Gasteiger partial charge in [-0.1, -0.05) is 12.1 Å². The highest BCUT2D eigenvalue weighted by molar-refractivity contribution is 5.38. The molecule has 1 aromatic carbocycles. The standard InChI is InChI=1S/C11H15O2/c1-8-4-5-10(9(2)7-12)6-11(8)13-3/h4-6,9,12H,2,7H2,1,3H3. The second kappa shape index (κ2) is 4.28. The molecule has 1 aromatic rings. The second-order valence-corrected chi connectivity index (χ2v) is 3.11. The molecule has 0 bridgehead atoms. The summed E-state index contributed by atoms with van der Waals surface area (Å²) in [6.07, 6.45) is 0. The molecule has 71 valence electrons. The quantitative estimate of drug-likeness (QED) is 0.768. The van der Waals surface area contributed by atoms with Crippen LogP contribution in [0, 0.1) is 13.8 Å². The van der Waals surface area contributed by atoms with Crippen LogP contribution in [-0.4, -0.2) is 18.8 Å². The molecule has 1 N–H and O–H groups in total. The third-order valence-corrected chi connectivity index (χ3v) is 2.12. The van der Waals surface area contributed by atoms with E-state index in [0.717, 1.165) is 16.9 Å². The minimum atomic E-state index is -0.0745. The van der Waals surface area contributed by atoms with Crippen molar-refractivity contribution in [1.29, 1.82) is 0 Å². The summed E-state index contributed by atoms with van der Waals surface area (Å²) >= 11 is 0. The minimum Gasteiger partial charge on any atom is -0.496 e. The van der Waals surface area contributed by atoms with E-state index in [4.69, 9.17) is 9.84 Å². The largest absolute Gasteiger partial charge is 0.496 e. The molecule has 2 heteroatoms. The summed E-state index contributed by atoms with van der Waals surface area (Å²) in [5, 5.41) is 8.92. The van der Waals surface area contributed by atoms with Crippen LogP contribution in [0.2, 0.25) is 0 Å². The van der Waals surface area contributed by atoms with Crippen LogP contribution in [0.1, 0.15) is 17.0 Å². The zero-order valence-corrected chi connectivity index (χ0v) is 8.08. The third-order valence-electron chi connectivity index (χ3n) is 2.12. The van der Waals surface area contributed by atoms with Crippen LogP contribution < -0.4 is 4.74 Å². The van der Waals surface area contributed by atoms with Crippen molar-refractivity contribution in [3.05, 3.63) is 36.2 Å². The Bertz CT molecular complexity index is 281. The van der Waals surface area contributed by atoms with Gasteiger partial charge in [-0.25, -0.2) is 0 Å². The van der Waals surface area contributed by atoms with E-state index in [1.165, 1.54) is 0 Å². The molecule has 2 nitrogen and oxygen atoms in total. The van der Waals surface area contributed by atoms with Gasteiger partial charge in [0.05, 0.1) is 7.11 Å². The summed E-state index contributed by atoms with van der Waals surface area (Å²) in [5.74, 6) is 0.772. The van der Waals surface area contributed by atoms with Gasteiger partial charge in [-0.3, -0.25) is 0 Å². The molecule has 0 saturated carbocycles. The maximum atomic E-state index is 8.92. The Morgan fingerprint density at radius 1 is 1.54 bits per heavy atom. The molecule has 0 amide bonds. The lowest BCUT2D eigenvalue weighted by Crippen LogP contribution is -2.00. The minimum absolute atomic E-state index is 0.0617. The molecule has 1 unspecified atom stereocenters. The van der Waals surface area contributed by atoms with Crippen LogP contribution in [0.15, 0.2) is 18.2 Å². The number of rotatable bonds is 3. The van der Waals surface area contributed by atoms with E-state index >= 15 is 0 Å². The number of hydrogen-bond donors (Lipinski definition) is 1. The summed E-state index contributed by atoms with van der Waals surface area (Å²) in [4.78, 5) is 0. The van der Waals surface area contributed by atoms with E-state index in [2.05, 4.69) is 6.92 Å². The first kappa shape index (κ1) is 10.1. The van der Waals surface area contributed by atoms with E-state index in [1.54, 1.807) is 7.11 Å². The topological polar surface area (TPSA) is 29.5 Å². The van der Waals surface area contributed by atoms with Gasteiger partial charge in [0.15, 0.2) is 0 Å². The van der Waals surface area contributed by atoms with E-state index in [-0.39, 0.29) is 12.5 Å². The first-order valence-corrected chi connectivity index (χ1v) is 4.27.